The Balaban J connectivity index is 2.42. The molecule has 0 radical (unpaired) electrons. The summed E-state index contributed by atoms with van der Waals surface area (Å²) in [5, 5.41) is 0. The van der Waals surface area contributed by atoms with Crippen LogP contribution in [0.5, 0.6) is 0 Å². The number of hydrogen-bond acceptors (Lipinski definition) is 1. The summed E-state index contributed by atoms with van der Waals surface area (Å²) >= 11 is 0.259. The van der Waals surface area contributed by atoms with E-state index in [4.69, 9.17) is 5.73 Å². The summed E-state index contributed by atoms with van der Waals surface area (Å²) in [5.74, 6) is 0. The van der Waals surface area contributed by atoms with Crippen LogP contribution in [-0.2, 0) is 0 Å². The van der Waals surface area contributed by atoms with Gasteiger partial charge in [-0.25, -0.2) is 0 Å². The molecular weight excluding hydrogens is 225 g/mol. The van der Waals surface area contributed by atoms with Crippen molar-refractivity contribution in [1.82, 2.24) is 0 Å². The van der Waals surface area contributed by atoms with Crippen molar-refractivity contribution in [2.24, 2.45) is 5.73 Å². The number of hydrogen-bond donors (Lipinski definition) is 1. The predicted molar refractivity (Wildman–Crippen MR) is 35.8 cm³/mol. The fourth-order valence-corrected chi connectivity index (χ4v) is 3.79. The molecule has 9 heavy (non-hydrogen) atoms. The molecule has 0 aliphatic heterocycles. The molecule has 1 fully saturated rings. The van der Waals surface area contributed by atoms with E-state index in [-0.39, 0.29) is 24.8 Å². The Labute approximate surface area is 67.0 Å². The summed E-state index contributed by atoms with van der Waals surface area (Å²) in [5.41, 5.74) is 7.49. The molecule has 1 nitrogen and oxygen atoms in total. The van der Waals surface area contributed by atoms with Crippen molar-refractivity contribution in [2.75, 3.05) is 4.43 Å². The first-order chi connectivity index (χ1) is 4.23. The molecule has 2 N–H and O–H groups in total. The van der Waals surface area contributed by atoms with Crippen LogP contribution in [-0.4, -0.2) is 7.97 Å². The first-order valence-corrected chi connectivity index (χ1v) is 5.88. The quantitative estimate of drug-likeness (QED) is 0.258. The van der Waals surface area contributed by atoms with Crippen molar-refractivity contribution in [3.8, 4) is 0 Å². The van der Waals surface area contributed by atoms with Crippen molar-refractivity contribution in [2.45, 2.75) is 23.8 Å². The van der Waals surface area contributed by atoms with E-state index in [9.17, 15) is 0 Å². The third-order valence-electron chi connectivity index (χ3n) is 1.58. The average Bonchev–Trinajstić information content (AvgIpc) is 2.43. The van der Waals surface area contributed by atoms with Crippen LogP contribution in [0, 0.1) is 0 Å². The van der Waals surface area contributed by atoms with E-state index in [1.165, 1.54) is 16.4 Å². The van der Waals surface area contributed by atoms with Crippen LogP contribution >= 0.6 is 0 Å². The number of rotatable bonds is 2. The minimum atomic E-state index is 0.238. The first-order valence-electron chi connectivity index (χ1n) is 3.28. The van der Waals surface area contributed by atoms with Gasteiger partial charge in [0.1, 0.15) is 0 Å². The van der Waals surface area contributed by atoms with E-state index in [1.807, 2.05) is 0 Å². The Hall–Kier alpha value is 0.430. The fourth-order valence-electron chi connectivity index (χ4n) is 0.947. The van der Waals surface area contributed by atoms with Crippen molar-refractivity contribution in [3.05, 3.63) is 11.6 Å². The van der Waals surface area contributed by atoms with Crippen LogP contribution < -0.4 is 26.9 Å². The summed E-state index contributed by atoms with van der Waals surface area (Å²) in [6, 6.07) is 0. The number of halogens is 1. The van der Waals surface area contributed by atoms with Crippen molar-refractivity contribution >= 4 is 0 Å². The van der Waals surface area contributed by atoms with Crippen LogP contribution in [0.3, 0.4) is 0 Å². The van der Waals surface area contributed by atoms with Gasteiger partial charge in [0.25, 0.3) is 0 Å². The summed E-state index contributed by atoms with van der Waals surface area (Å²) in [4.78, 5) is 0. The molecule has 1 saturated carbocycles. The van der Waals surface area contributed by atoms with E-state index < -0.39 is 0 Å². The second kappa shape index (κ2) is 2.58. The van der Waals surface area contributed by atoms with Gasteiger partial charge in [-0.3, -0.25) is 0 Å². The molecule has 0 spiro atoms. The van der Waals surface area contributed by atoms with Crippen molar-refractivity contribution < 1.29 is 21.2 Å². The SMILES string of the molecule is C/C=C1/CC1(N)[I-]CC. The molecule has 0 aromatic rings. The average molecular weight is 238 g/mol. The van der Waals surface area contributed by atoms with Crippen LogP contribution in [0.2, 0.25) is 0 Å². The van der Waals surface area contributed by atoms with E-state index in [0.29, 0.717) is 0 Å². The number of allylic oxidation sites excluding steroid dienone is 1. The topological polar surface area (TPSA) is 26.0 Å². The molecular formula is C7H13IN-. The van der Waals surface area contributed by atoms with Gasteiger partial charge in [-0.05, 0) is 0 Å². The van der Waals surface area contributed by atoms with Crippen LogP contribution in [0.1, 0.15) is 20.3 Å². The van der Waals surface area contributed by atoms with Gasteiger partial charge in [-0.1, -0.05) is 0 Å². The second-order valence-corrected chi connectivity index (χ2v) is 6.47. The summed E-state index contributed by atoms with van der Waals surface area (Å²) in [7, 11) is 0. The van der Waals surface area contributed by atoms with Gasteiger partial charge in [0.05, 0.1) is 0 Å². The van der Waals surface area contributed by atoms with Crippen LogP contribution in [0.15, 0.2) is 11.6 Å². The van der Waals surface area contributed by atoms with Crippen LogP contribution in [0.25, 0.3) is 0 Å². The summed E-state index contributed by atoms with van der Waals surface area (Å²) < 4.78 is 1.55. The minimum absolute atomic E-state index is 0.238. The number of nitrogens with two attached hydrogens (primary N) is 1. The van der Waals surface area contributed by atoms with E-state index in [1.54, 1.807) is 0 Å². The Morgan fingerprint density at radius 1 is 1.89 bits per heavy atom. The van der Waals surface area contributed by atoms with Gasteiger partial charge in [-0.2, -0.15) is 0 Å². The molecule has 0 saturated heterocycles. The van der Waals surface area contributed by atoms with Gasteiger partial charge >= 0.3 is 66.8 Å². The molecule has 0 aromatic carbocycles. The van der Waals surface area contributed by atoms with Gasteiger partial charge in [0.15, 0.2) is 0 Å². The third kappa shape index (κ3) is 1.46. The Kier molecular flexibility index (Phi) is 2.16. The van der Waals surface area contributed by atoms with Crippen LogP contribution in [0.4, 0.5) is 0 Å². The van der Waals surface area contributed by atoms with Gasteiger partial charge in [0.2, 0.25) is 0 Å². The predicted octanol–water partition coefficient (Wildman–Crippen LogP) is -1.90. The molecule has 0 aromatic heterocycles. The zero-order valence-electron chi connectivity index (χ0n) is 5.95. The van der Waals surface area contributed by atoms with E-state index >= 15 is 0 Å². The number of alkyl halides is 2. The molecule has 0 bridgehead atoms. The molecule has 0 amide bonds. The molecule has 1 rings (SSSR count). The standard InChI is InChI=1S/C7H13IN/c1-3-6-5-7(6,9)8-4-2/h3H,4-5,9H2,1-2H3/q-1/b6-3-. The third-order valence-corrected chi connectivity index (χ3v) is 4.78. The molecule has 1 unspecified atom stereocenters. The summed E-state index contributed by atoms with van der Waals surface area (Å²) in [6.07, 6.45) is 3.36. The second-order valence-electron chi connectivity index (χ2n) is 2.25. The molecule has 1 aliphatic carbocycles. The monoisotopic (exact) mass is 238 g/mol. The van der Waals surface area contributed by atoms with Gasteiger partial charge < -0.3 is 0 Å². The fraction of sp³-hybridized carbons (Fsp3) is 0.714. The molecule has 0 heterocycles. The van der Waals surface area contributed by atoms with Crippen molar-refractivity contribution in [3.63, 3.8) is 0 Å². The molecule has 1 aliphatic rings. The normalized spacial score (nSPS) is 37.9. The first kappa shape index (κ1) is 7.54. The molecule has 1 atom stereocenters. The Bertz CT molecular complexity index is 142. The van der Waals surface area contributed by atoms with Gasteiger partial charge in [0, 0.05) is 0 Å². The maximum atomic E-state index is 5.99. The Morgan fingerprint density at radius 3 is 2.89 bits per heavy atom. The van der Waals surface area contributed by atoms with E-state index in [0.717, 1.165) is 0 Å². The molecule has 2 heteroatoms. The van der Waals surface area contributed by atoms with Crippen molar-refractivity contribution in [1.29, 1.82) is 0 Å². The summed E-state index contributed by atoms with van der Waals surface area (Å²) in [6.45, 7) is 4.32. The maximum absolute atomic E-state index is 5.99. The van der Waals surface area contributed by atoms with Gasteiger partial charge in [-0.15, -0.1) is 0 Å². The molecule has 54 valence electrons. The zero-order chi connectivity index (χ0) is 6.91. The Morgan fingerprint density at radius 2 is 2.56 bits per heavy atom. The van der Waals surface area contributed by atoms with E-state index in [2.05, 4.69) is 19.9 Å². The zero-order valence-corrected chi connectivity index (χ0v) is 8.10.